The smallest absolute Gasteiger partial charge is 0.240 e. The molecule has 33 heavy (non-hydrogen) atoms. The quantitative estimate of drug-likeness (QED) is 0.372. The molecule has 10 nitrogen and oxygen atoms in total. The Morgan fingerprint density at radius 1 is 0.970 bits per heavy atom. The van der Waals surface area contributed by atoms with Gasteiger partial charge in [-0.2, -0.15) is 4.98 Å². The van der Waals surface area contributed by atoms with Crippen molar-refractivity contribution in [3.63, 3.8) is 0 Å². The van der Waals surface area contributed by atoms with Crippen molar-refractivity contribution in [1.82, 2.24) is 14.7 Å². The molecule has 0 aliphatic carbocycles. The van der Waals surface area contributed by atoms with Crippen molar-refractivity contribution in [2.75, 3.05) is 10.6 Å². The van der Waals surface area contributed by atoms with Crippen molar-refractivity contribution >= 4 is 43.2 Å². The molecule has 2 aromatic carbocycles. The number of hydrogen-bond acceptors (Lipinski definition) is 8. The summed E-state index contributed by atoms with van der Waals surface area (Å²) in [5.74, 6) is -0.904. The molecule has 0 atom stereocenters. The molecule has 0 spiro atoms. The zero-order valence-corrected chi connectivity index (χ0v) is 19.6. The summed E-state index contributed by atoms with van der Waals surface area (Å²) in [6.07, 6.45) is 0.942. The van der Waals surface area contributed by atoms with Gasteiger partial charge in [0.15, 0.2) is 11.6 Å². The fourth-order valence-electron chi connectivity index (χ4n) is 2.86. The second-order valence-electron chi connectivity index (χ2n) is 7.47. The summed E-state index contributed by atoms with van der Waals surface area (Å²) in [6, 6.07) is 9.95. The Balaban J connectivity index is 1.82. The van der Waals surface area contributed by atoms with Crippen molar-refractivity contribution in [3.05, 3.63) is 60.0 Å². The van der Waals surface area contributed by atoms with Gasteiger partial charge in [-0.3, -0.25) is 0 Å². The maximum atomic E-state index is 14.3. The number of nitrogens with two attached hydrogens (primary N) is 1. The highest BCUT2D eigenvalue weighted by atomic mass is 32.2. The number of nitrogens with zero attached hydrogens (tertiary/aromatic N) is 2. The lowest BCUT2D eigenvalue weighted by Crippen LogP contribution is -2.30. The minimum Gasteiger partial charge on any atom is -0.338 e. The van der Waals surface area contributed by atoms with Crippen LogP contribution >= 0.6 is 0 Å². The third-order valence-electron chi connectivity index (χ3n) is 4.31. The molecular weight excluding hydrogens is 471 g/mol. The van der Waals surface area contributed by atoms with E-state index in [-0.39, 0.29) is 27.6 Å². The van der Waals surface area contributed by atoms with Crippen LogP contribution in [0.4, 0.5) is 27.5 Å². The third-order valence-corrected chi connectivity index (χ3v) is 7.04. The Bertz CT molecular complexity index is 1380. The zero-order valence-electron chi connectivity index (χ0n) is 18.0. The summed E-state index contributed by atoms with van der Waals surface area (Å²) in [5.41, 5.74) is 1.21. The molecule has 0 saturated heterocycles. The minimum absolute atomic E-state index is 0.00320. The van der Waals surface area contributed by atoms with Crippen molar-refractivity contribution < 1.29 is 21.2 Å². The molecule has 0 unspecified atom stereocenters. The Morgan fingerprint density at radius 2 is 1.61 bits per heavy atom. The van der Waals surface area contributed by atoms with Crippen LogP contribution in [0.2, 0.25) is 0 Å². The number of sulfonamides is 2. The van der Waals surface area contributed by atoms with Crippen LogP contribution in [-0.4, -0.2) is 32.8 Å². The predicted octanol–water partition coefficient (Wildman–Crippen LogP) is 2.75. The molecule has 0 bridgehead atoms. The summed E-state index contributed by atoms with van der Waals surface area (Å²) in [7, 11) is -7.58. The summed E-state index contributed by atoms with van der Waals surface area (Å²) < 4.78 is 64.6. The van der Waals surface area contributed by atoms with Crippen LogP contribution in [0.5, 0.6) is 0 Å². The van der Waals surface area contributed by atoms with Crippen LogP contribution in [0.3, 0.4) is 0 Å². The molecule has 1 heterocycles. The number of benzene rings is 2. The van der Waals surface area contributed by atoms with Crippen LogP contribution in [0, 0.1) is 12.7 Å². The van der Waals surface area contributed by atoms with E-state index in [1.165, 1.54) is 30.3 Å². The molecule has 0 saturated carbocycles. The molecular formula is C20H23FN6O4S2. The Morgan fingerprint density at radius 3 is 2.21 bits per heavy atom. The first-order chi connectivity index (χ1) is 15.3. The average Bonchev–Trinajstić information content (AvgIpc) is 2.70. The first-order valence-corrected chi connectivity index (χ1v) is 12.7. The van der Waals surface area contributed by atoms with Gasteiger partial charge >= 0.3 is 0 Å². The molecule has 3 rings (SSSR count). The van der Waals surface area contributed by atoms with Crippen LogP contribution in [0.25, 0.3) is 0 Å². The summed E-state index contributed by atoms with van der Waals surface area (Å²) in [4.78, 5) is 7.93. The summed E-state index contributed by atoms with van der Waals surface area (Å²) >= 11 is 0. The number of aryl methyl sites for hydroxylation is 1. The zero-order chi connectivity index (χ0) is 24.4. The molecule has 13 heteroatoms. The number of rotatable bonds is 8. The highest BCUT2D eigenvalue weighted by molar-refractivity contribution is 7.89. The highest BCUT2D eigenvalue weighted by Crippen LogP contribution is 2.24. The number of nitrogens with one attached hydrogen (secondary N) is 3. The number of hydrogen-bond donors (Lipinski definition) is 4. The van der Waals surface area contributed by atoms with Crippen LogP contribution in [-0.2, 0) is 20.0 Å². The normalized spacial score (nSPS) is 12.1. The van der Waals surface area contributed by atoms with Gasteiger partial charge in [0.2, 0.25) is 26.0 Å². The van der Waals surface area contributed by atoms with Gasteiger partial charge in [0.25, 0.3) is 0 Å². The molecule has 176 valence electrons. The highest BCUT2D eigenvalue weighted by Gasteiger charge is 2.16. The lowest BCUT2D eigenvalue weighted by atomic mass is 10.2. The second kappa shape index (κ2) is 9.39. The first-order valence-electron chi connectivity index (χ1n) is 9.67. The van der Waals surface area contributed by atoms with Gasteiger partial charge < -0.3 is 10.6 Å². The van der Waals surface area contributed by atoms with E-state index in [4.69, 9.17) is 5.14 Å². The van der Waals surface area contributed by atoms with Crippen LogP contribution < -0.4 is 20.5 Å². The monoisotopic (exact) mass is 494 g/mol. The van der Waals surface area contributed by atoms with E-state index >= 15 is 0 Å². The van der Waals surface area contributed by atoms with Gasteiger partial charge in [0.1, 0.15) is 0 Å². The van der Waals surface area contributed by atoms with Crippen molar-refractivity contribution in [2.45, 2.75) is 36.6 Å². The lowest BCUT2D eigenvalue weighted by Gasteiger charge is -2.12. The Kier molecular flexibility index (Phi) is 6.97. The minimum atomic E-state index is -3.93. The number of anilines is 4. The third kappa shape index (κ3) is 6.22. The molecule has 3 aromatic rings. The fourth-order valence-corrected chi connectivity index (χ4v) is 4.92. The van der Waals surface area contributed by atoms with Gasteiger partial charge in [-0.15, -0.1) is 0 Å². The Labute approximate surface area is 191 Å². The topological polar surface area (TPSA) is 156 Å². The van der Waals surface area contributed by atoms with E-state index in [2.05, 4.69) is 25.3 Å². The number of primary sulfonamides is 1. The standard InChI is InChI=1S/C20H23FN6O4S2/c1-12(2)27-33(30,31)16-8-6-14(7-9-16)24-19-17(21)11-23-20(26-19)25-15-5-4-13(3)18(10-15)32(22,28)29/h4-12,27H,1-3H3,(H2,22,28,29)(H2,23,24,25,26). The molecule has 0 radical (unpaired) electrons. The van der Waals surface area contributed by atoms with E-state index in [1.54, 1.807) is 32.9 Å². The van der Waals surface area contributed by atoms with Crippen molar-refractivity contribution in [3.8, 4) is 0 Å². The van der Waals surface area contributed by atoms with Crippen LogP contribution in [0.1, 0.15) is 19.4 Å². The molecule has 5 N–H and O–H groups in total. The fraction of sp³-hybridized carbons (Fsp3) is 0.200. The lowest BCUT2D eigenvalue weighted by molar-refractivity contribution is 0.570. The number of halogens is 1. The van der Waals surface area contributed by atoms with Gasteiger partial charge in [0, 0.05) is 17.4 Å². The SMILES string of the molecule is Cc1ccc(Nc2ncc(F)c(Nc3ccc(S(=O)(=O)NC(C)C)cc3)n2)cc1S(N)(=O)=O. The second-order valence-corrected chi connectivity index (χ2v) is 10.7. The molecule has 0 fully saturated rings. The first kappa shape index (κ1) is 24.5. The van der Waals surface area contributed by atoms with E-state index in [1.807, 2.05) is 0 Å². The van der Waals surface area contributed by atoms with Gasteiger partial charge in [-0.05, 0) is 62.7 Å². The summed E-state index contributed by atoms with van der Waals surface area (Å²) in [5, 5.41) is 10.8. The van der Waals surface area contributed by atoms with Crippen molar-refractivity contribution in [2.24, 2.45) is 5.14 Å². The predicted molar refractivity (Wildman–Crippen MR) is 123 cm³/mol. The van der Waals surface area contributed by atoms with Crippen LogP contribution in [0.15, 0.2) is 58.5 Å². The Hall–Kier alpha value is -3.13. The number of aromatic nitrogens is 2. The molecule has 1 aromatic heterocycles. The molecule has 0 aliphatic rings. The molecule has 0 aliphatic heterocycles. The van der Waals surface area contributed by atoms with Gasteiger partial charge in [-0.25, -0.2) is 36.1 Å². The summed E-state index contributed by atoms with van der Waals surface area (Å²) in [6.45, 7) is 5.03. The maximum Gasteiger partial charge on any atom is 0.240 e. The van der Waals surface area contributed by atoms with E-state index in [0.29, 0.717) is 16.9 Å². The molecule has 0 amide bonds. The van der Waals surface area contributed by atoms with E-state index < -0.39 is 25.9 Å². The van der Waals surface area contributed by atoms with E-state index in [0.717, 1.165) is 6.20 Å². The van der Waals surface area contributed by atoms with Gasteiger partial charge in [0.05, 0.1) is 16.0 Å². The van der Waals surface area contributed by atoms with Gasteiger partial charge in [-0.1, -0.05) is 6.07 Å². The van der Waals surface area contributed by atoms with Crippen molar-refractivity contribution in [1.29, 1.82) is 0 Å². The van der Waals surface area contributed by atoms with E-state index in [9.17, 15) is 21.2 Å². The average molecular weight is 495 g/mol. The maximum absolute atomic E-state index is 14.3. The largest absolute Gasteiger partial charge is 0.338 e.